The highest BCUT2D eigenvalue weighted by Gasteiger charge is 2.16. The molecule has 0 saturated heterocycles. The van der Waals surface area contributed by atoms with E-state index >= 15 is 0 Å². The highest BCUT2D eigenvalue weighted by Crippen LogP contribution is 2.15. The second-order valence-electron chi connectivity index (χ2n) is 4.80. The zero-order valence-corrected chi connectivity index (χ0v) is 11.5. The first kappa shape index (κ1) is 14.3. The molecule has 2 aromatic rings. The molecule has 0 aromatic heterocycles. The van der Waals surface area contributed by atoms with Crippen LogP contribution < -0.4 is 5.32 Å². The summed E-state index contributed by atoms with van der Waals surface area (Å²) in [6.45, 7) is 2.08. The molecule has 0 saturated carbocycles. The van der Waals surface area contributed by atoms with Gasteiger partial charge in [0, 0.05) is 6.54 Å². The van der Waals surface area contributed by atoms with Gasteiger partial charge in [0.2, 0.25) is 5.91 Å². The molecule has 0 radical (unpaired) electrons. The summed E-state index contributed by atoms with van der Waals surface area (Å²) < 4.78 is 0. The zero-order chi connectivity index (χ0) is 14.4. The van der Waals surface area contributed by atoms with Gasteiger partial charge in [-0.2, -0.15) is 0 Å². The number of hydrogen-bond donors (Lipinski definition) is 2. The van der Waals surface area contributed by atoms with Crippen molar-refractivity contribution < 1.29 is 9.90 Å². The highest BCUT2D eigenvalue weighted by atomic mass is 16.3. The van der Waals surface area contributed by atoms with Crippen LogP contribution in [-0.4, -0.2) is 17.6 Å². The number of benzene rings is 2. The molecule has 0 heterocycles. The van der Waals surface area contributed by atoms with Gasteiger partial charge in [0.05, 0.1) is 12.0 Å². The summed E-state index contributed by atoms with van der Waals surface area (Å²) in [7, 11) is 0. The smallest absolute Gasteiger partial charge is 0.227 e. The van der Waals surface area contributed by atoms with Gasteiger partial charge >= 0.3 is 0 Å². The van der Waals surface area contributed by atoms with E-state index in [1.54, 1.807) is 0 Å². The van der Waals surface area contributed by atoms with Gasteiger partial charge in [0.15, 0.2) is 0 Å². The lowest BCUT2D eigenvalue weighted by atomic mass is 10.0. The van der Waals surface area contributed by atoms with E-state index in [2.05, 4.69) is 5.32 Å². The van der Waals surface area contributed by atoms with E-state index in [0.717, 1.165) is 11.1 Å². The van der Waals surface area contributed by atoms with Crippen LogP contribution >= 0.6 is 0 Å². The maximum absolute atomic E-state index is 12.1. The second-order valence-corrected chi connectivity index (χ2v) is 4.80. The number of carbonyl (C=O) groups excluding carboxylic acids is 1. The Morgan fingerprint density at radius 3 is 2.05 bits per heavy atom. The summed E-state index contributed by atoms with van der Waals surface area (Å²) in [6, 6.07) is 18.9. The average molecular weight is 269 g/mol. The van der Waals surface area contributed by atoms with Gasteiger partial charge in [0.1, 0.15) is 0 Å². The molecule has 0 spiro atoms. The Hall–Kier alpha value is -2.13. The Kier molecular flexibility index (Phi) is 4.91. The molecule has 2 aromatic carbocycles. The van der Waals surface area contributed by atoms with Crippen molar-refractivity contribution in [1.29, 1.82) is 0 Å². The summed E-state index contributed by atoms with van der Waals surface area (Å²) in [6.07, 6.45) is -0.678. The highest BCUT2D eigenvalue weighted by molar-refractivity contribution is 5.83. The van der Waals surface area contributed by atoms with E-state index in [0.29, 0.717) is 0 Å². The van der Waals surface area contributed by atoms with Crippen molar-refractivity contribution >= 4 is 5.91 Å². The first-order chi connectivity index (χ1) is 9.68. The van der Waals surface area contributed by atoms with Crippen molar-refractivity contribution in [3.63, 3.8) is 0 Å². The number of amides is 1. The first-order valence-electron chi connectivity index (χ1n) is 6.74. The molecule has 3 heteroatoms. The lowest BCUT2D eigenvalue weighted by Crippen LogP contribution is -2.31. The van der Waals surface area contributed by atoms with Crippen LogP contribution in [0.25, 0.3) is 0 Å². The van der Waals surface area contributed by atoms with E-state index < -0.39 is 6.10 Å². The van der Waals surface area contributed by atoms with Gasteiger partial charge in [-0.05, 0) is 18.1 Å². The molecular formula is C17H19NO2. The van der Waals surface area contributed by atoms with E-state index in [-0.39, 0.29) is 18.4 Å². The molecule has 0 unspecified atom stereocenters. The van der Waals surface area contributed by atoms with Crippen molar-refractivity contribution in [2.75, 3.05) is 6.54 Å². The number of hydrogen-bond acceptors (Lipinski definition) is 2. The minimum absolute atomic E-state index is 0.0776. The third-order valence-electron chi connectivity index (χ3n) is 3.35. The molecule has 0 aliphatic rings. The summed E-state index contributed by atoms with van der Waals surface area (Å²) in [5.74, 6) is -0.301. The Labute approximate surface area is 119 Å². The molecule has 0 fully saturated rings. The van der Waals surface area contributed by atoms with Crippen LogP contribution in [0.1, 0.15) is 30.1 Å². The van der Waals surface area contributed by atoms with E-state index in [1.807, 2.05) is 67.6 Å². The second kappa shape index (κ2) is 6.87. The zero-order valence-electron chi connectivity index (χ0n) is 11.5. The van der Waals surface area contributed by atoms with Crippen LogP contribution in [-0.2, 0) is 4.79 Å². The average Bonchev–Trinajstić information content (AvgIpc) is 2.53. The number of aliphatic hydroxyl groups is 1. The van der Waals surface area contributed by atoms with E-state index in [4.69, 9.17) is 0 Å². The van der Waals surface area contributed by atoms with E-state index in [1.165, 1.54) is 0 Å². The number of rotatable bonds is 5. The third-order valence-corrected chi connectivity index (χ3v) is 3.35. The first-order valence-corrected chi connectivity index (χ1v) is 6.74. The van der Waals surface area contributed by atoms with Crippen LogP contribution in [0.5, 0.6) is 0 Å². The Bertz CT molecular complexity index is 539. The number of aliphatic hydroxyl groups excluding tert-OH is 1. The topological polar surface area (TPSA) is 49.3 Å². The third kappa shape index (κ3) is 3.68. The van der Waals surface area contributed by atoms with Gasteiger partial charge in [-0.1, -0.05) is 60.7 Å². The predicted molar refractivity (Wildman–Crippen MR) is 79.3 cm³/mol. The minimum Gasteiger partial charge on any atom is -0.387 e. The molecule has 2 N–H and O–H groups in total. The summed E-state index contributed by atoms with van der Waals surface area (Å²) in [5, 5.41) is 12.8. The largest absolute Gasteiger partial charge is 0.387 e. The molecule has 0 bridgehead atoms. The summed E-state index contributed by atoms with van der Waals surface area (Å²) in [5.41, 5.74) is 1.78. The van der Waals surface area contributed by atoms with Crippen molar-refractivity contribution in [2.45, 2.75) is 18.9 Å². The molecule has 1 amide bonds. The maximum Gasteiger partial charge on any atom is 0.227 e. The van der Waals surface area contributed by atoms with Gasteiger partial charge < -0.3 is 10.4 Å². The van der Waals surface area contributed by atoms with Crippen LogP contribution in [0.4, 0.5) is 0 Å². The lowest BCUT2D eigenvalue weighted by Gasteiger charge is -2.15. The van der Waals surface area contributed by atoms with Gasteiger partial charge in [-0.25, -0.2) is 0 Å². The Morgan fingerprint density at radius 1 is 1.00 bits per heavy atom. The quantitative estimate of drug-likeness (QED) is 0.876. The Balaban J connectivity index is 1.89. The Morgan fingerprint density at radius 2 is 1.50 bits per heavy atom. The number of nitrogens with one attached hydrogen (secondary N) is 1. The minimum atomic E-state index is -0.678. The van der Waals surface area contributed by atoms with Crippen molar-refractivity contribution in [1.82, 2.24) is 5.32 Å². The molecule has 20 heavy (non-hydrogen) atoms. The van der Waals surface area contributed by atoms with Gasteiger partial charge in [-0.3, -0.25) is 4.79 Å². The normalized spacial score (nSPS) is 13.5. The van der Waals surface area contributed by atoms with Crippen LogP contribution in [0.15, 0.2) is 60.7 Å². The molecule has 2 rings (SSSR count). The molecule has 2 atom stereocenters. The fourth-order valence-corrected chi connectivity index (χ4v) is 2.04. The van der Waals surface area contributed by atoms with Crippen molar-refractivity contribution in [2.24, 2.45) is 0 Å². The summed E-state index contributed by atoms with van der Waals surface area (Å²) >= 11 is 0. The molecule has 104 valence electrons. The SMILES string of the molecule is C[C@@H](C(=O)NC[C@@H](O)c1ccccc1)c1ccccc1. The van der Waals surface area contributed by atoms with Crippen LogP contribution in [0.2, 0.25) is 0 Å². The maximum atomic E-state index is 12.1. The van der Waals surface area contributed by atoms with Crippen LogP contribution in [0.3, 0.4) is 0 Å². The predicted octanol–water partition coefficient (Wildman–Crippen LogP) is 2.64. The lowest BCUT2D eigenvalue weighted by molar-refractivity contribution is -0.122. The van der Waals surface area contributed by atoms with Gasteiger partial charge in [-0.15, -0.1) is 0 Å². The molecule has 3 nitrogen and oxygen atoms in total. The standard InChI is InChI=1S/C17H19NO2/c1-13(14-8-4-2-5-9-14)17(20)18-12-16(19)15-10-6-3-7-11-15/h2-11,13,16,19H,12H2,1H3,(H,18,20)/t13-,16-/m1/s1. The fourth-order valence-electron chi connectivity index (χ4n) is 2.04. The monoisotopic (exact) mass is 269 g/mol. The van der Waals surface area contributed by atoms with Gasteiger partial charge in [0.25, 0.3) is 0 Å². The molecule has 0 aliphatic carbocycles. The summed E-state index contributed by atoms with van der Waals surface area (Å²) in [4.78, 5) is 12.1. The fraction of sp³-hybridized carbons (Fsp3) is 0.235. The van der Waals surface area contributed by atoms with Crippen LogP contribution in [0, 0.1) is 0 Å². The van der Waals surface area contributed by atoms with E-state index in [9.17, 15) is 9.90 Å². The van der Waals surface area contributed by atoms with Crippen molar-refractivity contribution in [3.8, 4) is 0 Å². The molecule has 0 aliphatic heterocycles. The number of carbonyl (C=O) groups is 1. The van der Waals surface area contributed by atoms with Crippen molar-refractivity contribution in [3.05, 3.63) is 71.8 Å². The molecular weight excluding hydrogens is 250 g/mol.